The standard InChI is InChI=1S/C26H29N7O2/c1-26(2,3)24-33-32-23(35-24)22(34)13-17-7-5-4-6-16-12-18(8-9-20(16)17)21-10-11-27-25(31-21)30-19-14-28-29-15-19/h8-12,14-15,17H,4-7,13H2,1-3H3,(H,28,29)(H,27,30,31). The molecule has 9 heteroatoms. The topological polar surface area (TPSA) is 122 Å². The second kappa shape index (κ2) is 9.40. The number of hydrogen-bond acceptors (Lipinski definition) is 8. The van der Waals surface area contributed by atoms with Gasteiger partial charge in [-0.25, -0.2) is 9.97 Å². The van der Waals surface area contributed by atoms with Gasteiger partial charge >= 0.3 is 0 Å². The molecule has 0 fully saturated rings. The van der Waals surface area contributed by atoms with Crippen molar-refractivity contribution >= 4 is 17.4 Å². The highest BCUT2D eigenvalue weighted by molar-refractivity contribution is 5.92. The maximum atomic E-state index is 13.0. The molecule has 0 bridgehead atoms. The van der Waals surface area contributed by atoms with E-state index in [0.29, 0.717) is 18.3 Å². The van der Waals surface area contributed by atoms with E-state index in [2.05, 4.69) is 53.9 Å². The Kier molecular flexibility index (Phi) is 6.15. The molecule has 0 saturated carbocycles. The number of rotatable bonds is 6. The number of ketones is 1. The molecule has 5 rings (SSSR count). The zero-order valence-corrected chi connectivity index (χ0v) is 20.2. The van der Waals surface area contributed by atoms with Gasteiger partial charge in [0, 0.05) is 29.8 Å². The fourth-order valence-electron chi connectivity index (χ4n) is 4.43. The molecule has 4 aromatic rings. The molecule has 1 aromatic carbocycles. The van der Waals surface area contributed by atoms with Gasteiger partial charge in [-0.2, -0.15) is 5.10 Å². The fourth-order valence-corrected chi connectivity index (χ4v) is 4.43. The molecule has 1 aliphatic rings. The molecule has 3 aromatic heterocycles. The van der Waals surface area contributed by atoms with Crippen LogP contribution in [0.1, 0.15) is 80.1 Å². The first-order valence-electron chi connectivity index (χ1n) is 12.0. The zero-order valence-electron chi connectivity index (χ0n) is 20.2. The molecule has 9 nitrogen and oxygen atoms in total. The Balaban J connectivity index is 1.37. The summed E-state index contributed by atoms with van der Waals surface area (Å²) in [4.78, 5) is 22.0. The summed E-state index contributed by atoms with van der Waals surface area (Å²) in [6.07, 6.45) is 9.64. The van der Waals surface area contributed by atoms with Gasteiger partial charge in [-0.15, -0.1) is 10.2 Å². The highest BCUT2D eigenvalue weighted by Crippen LogP contribution is 2.36. The van der Waals surface area contributed by atoms with E-state index in [1.54, 1.807) is 18.6 Å². The molecule has 0 aliphatic heterocycles. The van der Waals surface area contributed by atoms with Crippen LogP contribution < -0.4 is 5.32 Å². The van der Waals surface area contributed by atoms with Crippen molar-refractivity contribution in [3.05, 3.63) is 65.8 Å². The van der Waals surface area contributed by atoms with Crippen LogP contribution in [0.5, 0.6) is 0 Å². The molecule has 1 unspecified atom stereocenters. The summed E-state index contributed by atoms with van der Waals surface area (Å²) < 4.78 is 5.70. The molecular weight excluding hydrogens is 442 g/mol. The minimum atomic E-state index is -0.286. The number of hydrogen-bond donors (Lipinski definition) is 2. The highest BCUT2D eigenvalue weighted by atomic mass is 16.4. The number of fused-ring (bicyclic) bond motifs is 1. The van der Waals surface area contributed by atoms with Crippen LogP contribution in [0, 0.1) is 0 Å². The van der Waals surface area contributed by atoms with Gasteiger partial charge in [0.1, 0.15) is 0 Å². The largest absolute Gasteiger partial charge is 0.418 e. The fraction of sp³-hybridized carbons (Fsp3) is 0.385. The number of benzene rings is 1. The van der Waals surface area contributed by atoms with Crippen LogP contribution in [0.4, 0.5) is 11.6 Å². The minimum Gasteiger partial charge on any atom is -0.418 e. The Morgan fingerprint density at radius 1 is 1.20 bits per heavy atom. The van der Waals surface area contributed by atoms with Gasteiger partial charge in [0.05, 0.1) is 17.6 Å². The molecule has 3 heterocycles. The van der Waals surface area contributed by atoms with Crippen molar-refractivity contribution in [2.45, 2.75) is 64.2 Å². The van der Waals surface area contributed by atoms with Crippen LogP contribution in [0.3, 0.4) is 0 Å². The number of aryl methyl sites for hydroxylation is 1. The molecule has 0 saturated heterocycles. The lowest BCUT2D eigenvalue weighted by Crippen LogP contribution is -2.11. The van der Waals surface area contributed by atoms with E-state index in [1.165, 1.54) is 11.1 Å². The Labute approximate surface area is 203 Å². The molecule has 2 N–H and O–H groups in total. The number of nitrogens with one attached hydrogen (secondary N) is 2. The molecule has 0 radical (unpaired) electrons. The SMILES string of the molecule is CC(C)(C)c1nnc(C(=O)CC2CCCCc3cc(-c4ccnc(Nc5cn[nH]c5)n4)ccc32)o1. The Hall–Kier alpha value is -3.88. The van der Waals surface area contributed by atoms with Crippen LogP contribution >= 0.6 is 0 Å². The van der Waals surface area contributed by atoms with Crippen molar-refractivity contribution in [1.29, 1.82) is 0 Å². The van der Waals surface area contributed by atoms with E-state index in [4.69, 9.17) is 4.42 Å². The Morgan fingerprint density at radius 2 is 2.09 bits per heavy atom. The number of anilines is 2. The average molecular weight is 472 g/mol. The average Bonchev–Trinajstić information content (AvgIpc) is 3.50. The van der Waals surface area contributed by atoms with Crippen LogP contribution in [-0.2, 0) is 11.8 Å². The zero-order chi connectivity index (χ0) is 24.4. The van der Waals surface area contributed by atoms with Crippen molar-refractivity contribution in [1.82, 2.24) is 30.4 Å². The Bertz CT molecular complexity index is 1320. The van der Waals surface area contributed by atoms with Gasteiger partial charge in [-0.05, 0) is 48.4 Å². The number of aromatic nitrogens is 6. The first-order valence-corrected chi connectivity index (χ1v) is 12.0. The summed E-state index contributed by atoms with van der Waals surface area (Å²) in [6.45, 7) is 5.96. The lowest BCUT2D eigenvalue weighted by molar-refractivity contribution is 0.0935. The van der Waals surface area contributed by atoms with Crippen LogP contribution in [0.15, 0.2) is 47.3 Å². The van der Waals surface area contributed by atoms with Gasteiger partial charge in [-0.1, -0.05) is 39.3 Å². The quantitative estimate of drug-likeness (QED) is 0.284. The van der Waals surface area contributed by atoms with Crippen LogP contribution in [0.2, 0.25) is 0 Å². The first-order chi connectivity index (χ1) is 16.9. The molecular formula is C26H29N7O2. The van der Waals surface area contributed by atoms with E-state index in [0.717, 1.165) is 42.6 Å². The summed E-state index contributed by atoms with van der Waals surface area (Å²) in [5.41, 5.74) is 4.87. The monoisotopic (exact) mass is 471 g/mol. The number of nitrogens with zero attached hydrogens (tertiary/aromatic N) is 5. The predicted molar refractivity (Wildman–Crippen MR) is 132 cm³/mol. The van der Waals surface area contributed by atoms with Crippen LogP contribution in [0.25, 0.3) is 11.3 Å². The van der Waals surface area contributed by atoms with E-state index in [9.17, 15) is 4.79 Å². The smallest absolute Gasteiger partial charge is 0.284 e. The number of aromatic amines is 1. The van der Waals surface area contributed by atoms with Gasteiger partial charge in [0.2, 0.25) is 17.6 Å². The predicted octanol–water partition coefficient (Wildman–Crippen LogP) is 5.37. The molecule has 35 heavy (non-hydrogen) atoms. The second-order valence-corrected chi connectivity index (χ2v) is 10.0. The number of H-pyrrole nitrogens is 1. The van der Waals surface area contributed by atoms with E-state index in [1.807, 2.05) is 26.8 Å². The van der Waals surface area contributed by atoms with E-state index < -0.39 is 0 Å². The van der Waals surface area contributed by atoms with Crippen molar-refractivity contribution < 1.29 is 9.21 Å². The second-order valence-electron chi connectivity index (χ2n) is 10.0. The highest BCUT2D eigenvalue weighted by Gasteiger charge is 2.27. The third-order valence-corrected chi connectivity index (χ3v) is 6.27. The molecule has 180 valence electrons. The number of carbonyl (C=O) groups is 1. The van der Waals surface area contributed by atoms with E-state index in [-0.39, 0.29) is 23.0 Å². The lowest BCUT2D eigenvalue weighted by Gasteiger charge is -2.17. The molecule has 1 atom stereocenters. The van der Waals surface area contributed by atoms with Crippen molar-refractivity contribution in [3.63, 3.8) is 0 Å². The number of Topliss-reactive ketones (excluding diaryl/α,β-unsaturated/α-hetero) is 1. The maximum absolute atomic E-state index is 13.0. The Morgan fingerprint density at radius 3 is 2.86 bits per heavy atom. The summed E-state index contributed by atoms with van der Waals surface area (Å²) in [7, 11) is 0. The van der Waals surface area contributed by atoms with Gasteiger partial charge in [0.25, 0.3) is 5.89 Å². The van der Waals surface area contributed by atoms with Crippen LogP contribution in [-0.4, -0.2) is 36.1 Å². The van der Waals surface area contributed by atoms with Gasteiger partial charge < -0.3 is 9.73 Å². The van der Waals surface area contributed by atoms with E-state index >= 15 is 0 Å². The summed E-state index contributed by atoms with van der Waals surface area (Å²) in [5, 5.41) is 18.0. The van der Waals surface area contributed by atoms with Gasteiger partial charge in [-0.3, -0.25) is 9.89 Å². The normalized spacial score (nSPS) is 15.9. The van der Waals surface area contributed by atoms with Crippen molar-refractivity contribution in [3.8, 4) is 11.3 Å². The third-order valence-electron chi connectivity index (χ3n) is 6.27. The van der Waals surface area contributed by atoms with Gasteiger partial charge in [0.15, 0.2) is 0 Å². The van der Waals surface area contributed by atoms with Crippen molar-refractivity contribution in [2.75, 3.05) is 5.32 Å². The summed E-state index contributed by atoms with van der Waals surface area (Å²) >= 11 is 0. The molecule has 0 spiro atoms. The first kappa shape index (κ1) is 22.9. The third kappa shape index (κ3) is 5.13. The molecule has 0 amide bonds. The summed E-state index contributed by atoms with van der Waals surface area (Å²) in [5.74, 6) is 1.13. The number of carbonyl (C=O) groups excluding carboxylic acids is 1. The molecule has 1 aliphatic carbocycles. The lowest BCUT2D eigenvalue weighted by atomic mass is 9.87. The summed E-state index contributed by atoms with van der Waals surface area (Å²) in [6, 6.07) is 8.33. The minimum absolute atomic E-state index is 0.0966. The van der Waals surface area contributed by atoms with Crippen molar-refractivity contribution in [2.24, 2.45) is 0 Å². The maximum Gasteiger partial charge on any atom is 0.284 e.